The van der Waals surface area contributed by atoms with Gasteiger partial charge < -0.3 is 5.73 Å². The Morgan fingerprint density at radius 2 is 2.36 bits per heavy atom. The Kier molecular flexibility index (Phi) is 3.77. The van der Waals surface area contributed by atoms with Gasteiger partial charge in [0, 0.05) is 12.5 Å². The zero-order chi connectivity index (χ0) is 10.6. The quantitative estimate of drug-likeness (QED) is 0.414. The topological polar surface area (TPSA) is 26.0 Å². The van der Waals surface area contributed by atoms with Crippen LogP contribution in [-0.4, -0.2) is 6.04 Å². The van der Waals surface area contributed by atoms with Gasteiger partial charge in [-0.1, -0.05) is 25.5 Å². The van der Waals surface area contributed by atoms with Gasteiger partial charge >= 0.3 is 0 Å². The van der Waals surface area contributed by atoms with Crippen LogP contribution in [0.4, 0.5) is 0 Å². The summed E-state index contributed by atoms with van der Waals surface area (Å²) in [4.78, 5) is 0. The SMILES string of the molecule is C#CCCCC1=CC(N)CC(C)(C)C1. The van der Waals surface area contributed by atoms with Crippen molar-refractivity contribution in [3.8, 4) is 12.3 Å². The summed E-state index contributed by atoms with van der Waals surface area (Å²) in [6, 6.07) is 0.250. The summed E-state index contributed by atoms with van der Waals surface area (Å²) in [7, 11) is 0. The van der Waals surface area contributed by atoms with Gasteiger partial charge in [-0.25, -0.2) is 0 Å². The molecule has 0 aliphatic heterocycles. The third-order valence-electron chi connectivity index (χ3n) is 2.76. The van der Waals surface area contributed by atoms with E-state index in [9.17, 15) is 0 Å². The van der Waals surface area contributed by atoms with Crippen LogP contribution in [0.25, 0.3) is 0 Å². The van der Waals surface area contributed by atoms with Crippen molar-refractivity contribution in [3.63, 3.8) is 0 Å². The molecule has 14 heavy (non-hydrogen) atoms. The summed E-state index contributed by atoms with van der Waals surface area (Å²) in [6.45, 7) is 4.59. The van der Waals surface area contributed by atoms with Gasteiger partial charge in [-0.05, 0) is 31.1 Å². The van der Waals surface area contributed by atoms with E-state index in [-0.39, 0.29) is 6.04 Å². The van der Waals surface area contributed by atoms with Gasteiger partial charge in [-0.2, -0.15) is 0 Å². The van der Waals surface area contributed by atoms with Crippen molar-refractivity contribution in [1.82, 2.24) is 0 Å². The molecule has 0 aromatic carbocycles. The standard InChI is InChI=1S/C13H21N/c1-4-5-6-7-11-8-12(14)10-13(2,3)9-11/h1,8,12H,5-7,9-10,14H2,2-3H3. The second kappa shape index (κ2) is 4.66. The van der Waals surface area contributed by atoms with Crippen LogP contribution >= 0.6 is 0 Å². The second-order valence-electron chi connectivity index (χ2n) is 5.09. The van der Waals surface area contributed by atoms with E-state index in [0.717, 1.165) is 25.7 Å². The molecule has 1 unspecified atom stereocenters. The first-order valence-corrected chi connectivity index (χ1v) is 5.42. The summed E-state index contributed by atoms with van der Waals surface area (Å²) in [5.74, 6) is 2.68. The summed E-state index contributed by atoms with van der Waals surface area (Å²) >= 11 is 0. The molecule has 1 rings (SSSR count). The molecule has 0 heterocycles. The molecule has 2 N–H and O–H groups in total. The normalized spacial score (nSPS) is 25.3. The lowest BCUT2D eigenvalue weighted by Crippen LogP contribution is -2.30. The molecule has 0 fully saturated rings. The molecule has 1 heteroatoms. The van der Waals surface area contributed by atoms with Crippen molar-refractivity contribution in [2.75, 3.05) is 0 Å². The van der Waals surface area contributed by atoms with E-state index in [0.29, 0.717) is 5.41 Å². The summed E-state index contributed by atoms with van der Waals surface area (Å²) < 4.78 is 0. The highest BCUT2D eigenvalue weighted by Crippen LogP contribution is 2.36. The van der Waals surface area contributed by atoms with E-state index < -0.39 is 0 Å². The first kappa shape index (κ1) is 11.3. The van der Waals surface area contributed by atoms with Gasteiger partial charge in [0.25, 0.3) is 0 Å². The molecule has 0 aromatic heterocycles. The van der Waals surface area contributed by atoms with Gasteiger partial charge in [0.1, 0.15) is 0 Å². The number of rotatable bonds is 3. The first-order valence-electron chi connectivity index (χ1n) is 5.42. The molecule has 1 aliphatic rings. The van der Waals surface area contributed by atoms with Crippen molar-refractivity contribution in [2.45, 2.75) is 52.0 Å². The molecule has 1 atom stereocenters. The summed E-state index contributed by atoms with van der Waals surface area (Å²) in [5, 5.41) is 0. The second-order valence-corrected chi connectivity index (χ2v) is 5.09. The lowest BCUT2D eigenvalue weighted by molar-refractivity contribution is 0.297. The van der Waals surface area contributed by atoms with Crippen LogP contribution in [-0.2, 0) is 0 Å². The minimum atomic E-state index is 0.250. The Morgan fingerprint density at radius 3 is 2.93 bits per heavy atom. The van der Waals surface area contributed by atoms with Crippen molar-refractivity contribution in [2.24, 2.45) is 11.1 Å². The predicted molar refractivity (Wildman–Crippen MR) is 61.8 cm³/mol. The van der Waals surface area contributed by atoms with E-state index in [1.54, 1.807) is 0 Å². The number of nitrogens with two attached hydrogens (primary N) is 1. The number of allylic oxidation sites excluding steroid dienone is 1. The zero-order valence-corrected chi connectivity index (χ0v) is 9.34. The zero-order valence-electron chi connectivity index (χ0n) is 9.34. The molecule has 0 radical (unpaired) electrons. The van der Waals surface area contributed by atoms with Crippen molar-refractivity contribution in [1.29, 1.82) is 0 Å². The van der Waals surface area contributed by atoms with Gasteiger partial charge in [0.05, 0.1) is 0 Å². The van der Waals surface area contributed by atoms with Crippen LogP contribution in [0.2, 0.25) is 0 Å². The molecule has 0 spiro atoms. The minimum absolute atomic E-state index is 0.250. The molecular formula is C13H21N. The monoisotopic (exact) mass is 191 g/mol. The molecule has 1 nitrogen and oxygen atoms in total. The van der Waals surface area contributed by atoms with E-state index in [1.165, 1.54) is 12.0 Å². The molecule has 1 aliphatic carbocycles. The average molecular weight is 191 g/mol. The summed E-state index contributed by atoms with van der Waals surface area (Å²) in [5.41, 5.74) is 7.87. The molecule has 0 saturated heterocycles. The lowest BCUT2D eigenvalue weighted by Gasteiger charge is -2.33. The van der Waals surface area contributed by atoms with Crippen molar-refractivity contribution < 1.29 is 0 Å². The van der Waals surface area contributed by atoms with Crippen LogP contribution in [0.3, 0.4) is 0 Å². The lowest BCUT2D eigenvalue weighted by atomic mass is 9.74. The van der Waals surface area contributed by atoms with Crippen LogP contribution < -0.4 is 5.73 Å². The number of hydrogen-bond donors (Lipinski definition) is 1. The molecule has 78 valence electrons. The van der Waals surface area contributed by atoms with Gasteiger partial charge in [0.2, 0.25) is 0 Å². The van der Waals surface area contributed by atoms with Crippen LogP contribution in [0.5, 0.6) is 0 Å². The van der Waals surface area contributed by atoms with Crippen LogP contribution in [0.15, 0.2) is 11.6 Å². The fourth-order valence-electron chi connectivity index (χ4n) is 2.33. The summed E-state index contributed by atoms with van der Waals surface area (Å²) in [6.07, 6.45) is 12.9. The highest BCUT2D eigenvalue weighted by atomic mass is 14.6. The maximum atomic E-state index is 5.99. The fourth-order valence-corrected chi connectivity index (χ4v) is 2.33. The molecule has 0 bridgehead atoms. The van der Waals surface area contributed by atoms with Gasteiger partial charge in [0.15, 0.2) is 0 Å². The number of hydrogen-bond acceptors (Lipinski definition) is 1. The smallest absolute Gasteiger partial charge is 0.0231 e. The molecule has 0 amide bonds. The van der Waals surface area contributed by atoms with E-state index >= 15 is 0 Å². The Hall–Kier alpha value is -0.740. The maximum Gasteiger partial charge on any atom is 0.0231 e. The maximum absolute atomic E-state index is 5.99. The third-order valence-corrected chi connectivity index (χ3v) is 2.76. The Labute approximate surface area is 87.8 Å². The van der Waals surface area contributed by atoms with Crippen molar-refractivity contribution in [3.05, 3.63) is 11.6 Å². The Balaban J connectivity index is 2.48. The van der Waals surface area contributed by atoms with Crippen LogP contribution in [0.1, 0.15) is 46.0 Å². The van der Waals surface area contributed by atoms with Crippen LogP contribution in [0, 0.1) is 17.8 Å². The highest BCUT2D eigenvalue weighted by molar-refractivity contribution is 5.14. The first-order chi connectivity index (χ1) is 6.53. The van der Waals surface area contributed by atoms with E-state index in [1.807, 2.05) is 0 Å². The third kappa shape index (κ3) is 3.55. The van der Waals surface area contributed by atoms with Gasteiger partial charge in [-0.3, -0.25) is 0 Å². The molecule has 0 aromatic rings. The predicted octanol–water partition coefficient (Wildman–Crippen LogP) is 2.86. The Bertz CT molecular complexity index is 255. The number of terminal acetylenes is 1. The van der Waals surface area contributed by atoms with Gasteiger partial charge in [-0.15, -0.1) is 12.3 Å². The largest absolute Gasteiger partial charge is 0.324 e. The van der Waals surface area contributed by atoms with E-state index in [2.05, 4.69) is 25.8 Å². The average Bonchev–Trinajstić information content (AvgIpc) is 2.00. The molecular weight excluding hydrogens is 170 g/mol. The highest BCUT2D eigenvalue weighted by Gasteiger charge is 2.26. The molecule has 0 saturated carbocycles. The number of unbranched alkanes of at least 4 members (excludes halogenated alkanes) is 1. The Morgan fingerprint density at radius 1 is 1.64 bits per heavy atom. The minimum Gasteiger partial charge on any atom is -0.324 e. The fraction of sp³-hybridized carbons (Fsp3) is 0.692. The van der Waals surface area contributed by atoms with Crippen molar-refractivity contribution >= 4 is 0 Å². The van der Waals surface area contributed by atoms with E-state index in [4.69, 9.17) is 12.2 Å².